The van der Waals surface area contributed by atoms with Gasteiger partial charge in [0, 0.05) is 25.8 Å². The Kier molecular flexibility index (Phi) is 5.06. The van der Waals surface area contributed by atoms with Crippen molar-refractivity contribution in [1.29, 1.82) is 0 Å². The highest BCUT2D eigenvalue weighted by molar-refractivity contribution is 5.14. The average Bonchev–Trinajstić information content (AvgIpc) is 2.86. The third-order valence-corrected chi connectivity index (χ3v) is 2.95. The average molecular weight is 259 g/mol. The van der Waals surface area contributed by atoms with Gasteiger partial charge in [0.1, 0.15) is 0 Å². The van der Waals surface area contributed by atoms with Crippen LogP contribution in [0.15, 0.2) is 36.5 Å². The quantitative estimate of drug-likeness (QED) is 0.809. The second-order valence-electron chi connectivity index (χ2n) is 4.73. The molecule has 0 aliphatic rings. The van der Waals surface area contributed by atoms with Gasteiger partial charge in [-0.1, -0.05) is 35.5 Å². The zero-order valence-electron chi connectivity index (χ0n) is 11.6. The van der Waals surface area contributed by atoms with Gasteiger partial charge in [-0.3, -0.25) is 4.68 Å². The Morgan fingerprint density at radius 2 is 2.05 bits per heavy atom. The molecule has 5 heteroatoms. The molecule has 0 radical (unpaired) electrons. The molecule has 0 amide bonds. The number of benzene rings is 1. The van der Waals surface area contributed by atoms with Gasteiger partial charge >= 0.3 is 0 Å². The van der Waals surface area contributed by atoms with E-state index in [0.717, 1.165) is 31.9 Å². The molecular formula is C14H21N5. The van der Waals surface area contributed by atoms with Gasteiger partial charge in [0.2, 0.25) is 0 Å². The lowest BCUT2D eigenvalue weighted by Crippen LogP contribution is -2.23. The maximum atomic E-state index is 4.11. The Morgan fingerprint density at radius 1 is 1.26 bits per heavy atom. The summed E-state index contributed by atoms with van der Waals surface area (Å²) < 4.78 is 1.90. The molecule has 0 fully saturated rings. The van der Waals surface area contributed by atoms with Crippen molar-refractivity contribution in [2.24, 2.45) is 0 Å². The van der Waals surface area contributed by atoms with Gasteiger partial charge in [0.15, 0.2) is 0 Å². The van der Waals surface area contributed by atoms with Crippen LogP contribution >= 0.6 is 0 Å². The molecule has 102 valence electrons. The van der Waals surface area contributed by atoms with Crippen molar-refractivity contribution >= 4 is 0 Å². The number of nitrogens with zero attached hydrogens (tertiary/aromatic N) is 4. The summed E-state index contributed by atoms with van der Waals surface area (Å²) in [7, 11) is 4.03. The number of aromatic nitrogens is 3. The highest BCUT2D eigenvalue weighted by Gasteiger charge is 2.03. The molecule has 0 spiro atoms. The standard InChI is InChI=1S/C14H21N5/c1-15-10-14-12-19(17-16-14)9-8-18(2)11-13-6-4-3-5-7-13/h3-7,12,15H,8-11H2,1-2H3. The van der Waals surface area contributed by atoms with E-state index in [1.165, 1.54) is 5.56 Å². The third-order valence-electron chi connectivity index (χ3n) is 2.95. The number of rotatable bonds is 7. The fourth-order valence-corrected chi connectivity index (χ4v) is 1.96. The van der Waals surface area contributed by atoms with Gasteiger partial charge in [-0.2, -0.15) is 0 Å². The molecule has 0 unspecified atom stereocenters. The molecule has 2 aromatic rings. The second kappa shape index (κ2) is 7.01. The van der Waals surface area contributed by atoms with Gasteiger partial charge in [0.05, 0.1) is 12.2 Å². The number of hydrogen-bond acceptors (Lipinski definition) is 4. The van der Waals surface area contributed by atoms with E-state index in [9.17, 15) is 0 Å². The van der Waals surface area contributed by atoms with Crippen LogP contribution in [-0.2, 0) is 19.6 Å². The van der Waals surface area contributed by atoms with Crippen molar-refractivity contribution in [3.8, 4) is 0 Å². The fourth-order valence-electron chi connectivity index (χ4n) is 1.96. The van der Waals surface area contributed by atoms with Gasteiger partial charge in [-0.15, -0.1) is 5.10 Å². The first-order chi connectivity index (χ1) is 9.28. The van der Waals surface area contributed by atoms with Gasteiger partial charge in [0.25, 0.3) is 0 Å². The number of hydrogen-bond donors (Lipinski definition) is 1. The summed E-state index contributed by atoms with van der Waals surface area (Å²) in [5.74, 6) is 0. The van der Waals surface area contributed by atoms with E-state index < -0.39 is 0 Å². The van der Waals surface area contributed by atoms with E-state index in [1.807, 2.05) is 24.0 Å². The second-order valence-corrected chi connectivity index (χ2v) is 4.73. The first-order valence-corrected chi connectivity index (χ1v) is 6.54. The van der Waals surface area contributed by atoms with Crippen LogP contribution in [-0.4, -0.2) is 40.5 Å². The van der Waals surface area contributed by atoms with Crippen LogP contribution in [0.3, 0.4) is 0 Å². The molecule has 1 aromatic heterocycles. The minimum absolute atomic E-state index is 0.764. The van der Waals surface area contributed by atoms with Crippen LogP contribution in [0.4, 0.5) is 0 Å². The summed E-state index contributed by atoms with van der Waals surface area (Å²) in [5, 5.41) is 11.3. The van der Waals surface area contributed by atoms with Crippen LogP contribution in [0, 0.1) is 0 Å². The zero-order valence-corrected chi connectivity index (χ0v) is 11.6. The Labute approximate surface area is 114 Å². The van der Waals surface area contributed by atoms with Crippen LogP contribution < -0.4 is 5.32 Å². The van der Waals surface area contributed by atoms with Crippen molar-refractivity contribution in [3.05, 3.63) is 47.8 Å². The van der Waals surface area contributed by atoms with Crippen molar-refractivity contribution in [2.75, 3.05) is 20.6 Å². The lowest BCUT2D eigenvalue weighted by atomic mass is 10.2. The molecule has 19 heavy (non-hydrogen) atoms. The van der Waals surface area contributed by atoms with Gasteiger partial charge in [-0.25, -0.2) is 0 Å². The predicted octanol–water partition coefficient (Wildman–Crippen LogP) is 1.13. The molecule has 0 saturated carbocycles. The molecule has 1 heterocycles. The van der Waals surface area contributed by atoms with Crippen molar-refractivity contribution < 1.29 is 0 Å². The highest BCUT2D eigenvalue weighted by atomic mass is 15.4. The molecule has 1 N–H and O–H groups in total. The smallest absolute Gasteiger partial charge is 0.0964 e. The molecule has 0 atom stereocenters. The van der Waals surface area contributed by atoms with E-state index in [-0.39, 0.29) is 0 Å². The lowest BCUT2D eigenvalue weighted by Gasteiger charge is -2.16. The van der Waals surface area contributed by atoms with Gasteiger partial charge < -0.3 is 10.2 Å². The fraction of sp³-hybridized carbons (Fsp3) is 0.429. The molecule has 0 saturated heterocycles. The van der Waals surface area contributed by atoms with E-state index in [4.69, 9.17) is 0 Å². The Morgan fingerprint density at radius 3 is 2.79 bits per heavy atom. The van der Waals surface area contributed by atoms with Crippen LogP contribution in [0.2, 0.25) is 0 Å². The number of nitrogens with one attached hydrogen (secondary N) is 1. The zero-order chi connectivity index (χ0) is 13.5. The topological polar surface area (TPSA) is 46.0 Å². The van der Waals surface area contributed by atoms with Crippen molar-refractivity contribution in [1.82, 2.24) is 25.2 Å². The molecule has 5 nitrogen and oxygen atoms in total. The Hall–Kier alpha value is -1.72. The maximum absolute atomic E-state index is 4.11. The third kappa shape index (κ3) is 4.46. The normalized spacial score (nSPS) is 11.1. The molecule has 0 aliphatic carbocycles. The largest absolute Gasteiger partial charge is 0.314 e. The van der Waals surface area contributed by atoms with Gasteiger partial charge in [-0.05, 0) is 19.7 Å². The first-order valence-electron chi connectivity index (χ1n) is 6.54. The van der Waals surface area contributed by atoms with Crippen LogP contribution in [0.25, 0.3) is 0 Å². The Bertz CT molecular complexity index is 480. The van der Waals surface area contributed by atoms with E-state index >= 15 is 0 Å². The molecule has 2 rings (SSSR count). The minimum atomic E-state index is 0.764. The van der Waals surface area contributed by atoms with E-state index in [2.05, 4.69) is 51.8 Å². The summed E-state index contributed by atoms with van der Waals surface area (Å²) in [4.78, 5) is 2.29. The summed E-state index contributed by atoms with van der Waals surface area (Å²) >= 11 is 0. The molecule has 0 bridgehead atoms. The van der Waals surface area contributed by atoms with E-state index in [0.29, 0.717) is 0 Å². The van der Waals surface area contributed by atoms with E-state index in [1.54, 1.807) is 0 Å². The summed E-state index contributed by atoms with van der Waals surface area (Å²) in [5.41, 5.74) is 2.31. The summed E-state index contributed by atoms with van der Waals surface area (Å²) in [6, 6.07) is 10.5. The monoisotopic (exact) mass is 259 g/mol. The van der Waals surface area contributed by atoms with Crippen LogP contribution in [0.1, 0.15) is 11.3 Å². The highest BCUT2D eigenvalue weighted by Crippen LogP contribution is 2.02. The summed E-state index contributed by atoms with van der Waals surface area (Å²) in [6.45, 7) is 3.54. The maximum Gasteiger partial charge on any atom is 0.0964 e. The molecule has 1 aromatic carbocycles. The lowest BCUT2D eigenvalue weighted by molar-refractivity contribution is 0.304. The van der Waals surface area contributed by atoms with Crippen molar-refractivity contribution in [3.63, 3.8) is 0 Å². The summed E-state index contributed by atoms with van der Waals surface area (Å²) in [6.07, 6.45) is 1.99. The first kappa shape index (κ1) is 13.7. The predicted molar refractivity (Wildman–Crippen MR) is 75.6 cm³/mol. The number of likely N-dealkylation sites (N-methyl/N-ethyl adjacent to an activating group) is 1. The SMILES string of the molecule is CNCc1cn(CCN(C)Cc2ccccc2)nn1. The van der Waals surface area contributed by atoms with Crippen molar-refractivity contribution in [2.45, 2.75) is 19.6 Å². The van der Waals surface area contributed by atoms with Crippen LogP contribution in [0.5, 0.6) is 0 Å². The Balaban J connectivity index is 1.78. The minimum Gasteiger partial charge on any atom is -0.314 e. The molecular weight excluding hydrogens is 238 g/mol. The molecule has 0 aliphatic heterocycles.